The summed E-state index contributed by atoms with van der Waals surface area (Å²) in [6.07, 6.45) is 0.993. The van der Waals surface area contributed by atoms with Gasteiger partial charge in [0.1, 0.15) is 8.55 Å². The molecular formula is C5H4ClNaO4S3. The normalized spacial score (nSPS) is 13.4. The zero-order valence-corrected chi connectivity index (χ0v) is 12.5. The first-order valence-corrected chi connectivity index (χ1v) is 7.07. The minimum atomic E-state index is -3.38. The van der Waals surface area contributed by atoms with E-state index in [1.807, 2.05) is 0 Å². The fourth-order valence-corrected chi connectivity index (χ4v) is 3.78. The topological polar surface area (TPSA) is 74.3 Å². The Bertz CT molecular complexity index is 452. The first-order chi connectivity index (χ1) is 5.82. The Labute approximate surface area is 115 Å². The summed E-state index contributed by atoms with van der Waals surface area (Å²) >= 11 is 3.75. The Kier molecular flexibility index (Phi) is 5.80. The van der Waals surface area contributed by atoms with E-state index in [4.69, 9.17) is 11.6 Å². The molecule has 14 heavy (non-hydrogen) atoms. The molecule has 0 aromatic carbocycles. The Hall–Kier alpha value is 1.05. The molecule has 1 rings (SSSR count). The maximum atomic E-state index is 11.0. The number of hydrogen-bond donors (Lipinski definition) is 0. The van der Waals surface area contributed by atoms with Crippen molar-refractivity contribution >= 4 is 43.9 Å². The molecule has 1 aromatic rings. The van der Waals surface area contributed by atoms with Crippen LogP contribution in [-0.4, -0.2) is 23.4 Å². The molecule has 0 aliphatic rings. The van der Waals surface area contributed by atoms with Crippen molar-refractivity contribution in [2.24, 2.45) is 0 Å². The number of hydrogen-bond acceptors (Lipinski definition) is 5. The Morgan fingerprint density at radius 3 is 2.29 bits per heavy atom. The Balaban J connectivity index is 0.00000169. The molecule has 0 saturated heterocycles. The summed E-state index contributed by atoms with van der Waals surface area (Å²) in [5.74, 6) is 0. The second-order valence-corrected chi connectivity index (χ2v) is 7.02. The molecule has 0 radical (unpaired) electrons. The molecule has 0 fully saturated rings. The zero-order valence-electron chi connectivity index (χ0n) is 7.31. The van der Waals surface area contributed by atoms with Gasteiger partial charge in [-0.15, -0.1) is 11.3 Å². The fourth-order valence-electron chi connectivity index (χ4n) is 0.628. The molecule has 4 nitrogen and oxygen atoms in total. The average Bonchev–Trinajstić information content (AvgIpc) is 2.29. The van der Waals surface area contributed by atoms with Crippen LogP contribution in [-0.2, 0) is 20.9 Å². The van der Waals surface area contributed by atoms with Gasteiger partial charge in [-0.25, -0.2) is 8.42 Å². The molecule has 74 valence electrons. The first kappa shape index (κ1) is 15.0. The van der Waals surface area contributed by atoms with Crippen molar-refractivity contribution in [1.82, 2.24) is 0 Å². The van der Waals surface area contributed by atoms with Gasteiger partial charge in [-0.1, -0.05) is 11.6 Å². The van der Waals surface area contributed by atoms with Gasteiger partial charge >= 0.3 is 29.6 Å². The van der Waals surface area contributed by atoms with Gasteiger partial charge in [-0.2, -0.15) is 0 Å². The van der Waals surface area contributed by atoms with Gasteiger partial charge in [-0.3, -0.25) is 4.21 Å². The van der Waals surface area contributed by atoms with E-state index in [0.29, 0.717) is 0 Å². The van der Waals surface area contributed by atoms with Gasteiger partial charge in [0.15, 0.2) is 9.84 Å². The van der Waals surface area contributed by atoms with Crippen molar-refractivity contribution in [2.45, 2.75) is 9.10 Å². The molecule has 0 N–H and O–H groups in total. The number of thiophene rings is 1. The van der Waals surface area contributed by atoms with Crippen LogP contribution in [0.15, 0.2) is 15.2 Å². The summed E-state index contributed by atoms with van der Waals surface area (Å²) in [5.41, 5.74) is 0. The number of halogens is 1. The summed E-state index contributed by atoms with van der Waals surface area (Å²) < 4.78 is 42.8. The predicted octanol–water partition coefficient (Wildman–Crippen LogP) is -1.95. The summed E-state index contributed by atoms with van der Waals surface area (Å²) in [6, 6.07) is 1.05. The molecule has 9 heteroatoms. The van der Waals surface area contributed by atoms with Crippen molar-refractivity contribution in [3.8, 4) is 0 Å². The van der Waals surface area contributed by atoms with Gasteiger partial charge in [0.05, 0.1) is 4.90 Å². The van der Waals surface area contributed by atoms with E-state index < -0.39 is 20.9 Å². The molecule has 0 aliphatic carbocycles. The average molecular weight is 283 g/mol. The van der Waals surface area contributed by atoms with Crippen LogP contribution in [0.1, 0.15) is 0 Å². The largest absolute Gasteiger partial charge is 1.00 e. The zero-order chi connectivity index (χ0) is 10.2. The molecule has 1 aromatic heterocycles. The second-order valence-electron chi connectivity index (χ2n) is 2.21. The third kappa shape index (κ3) is 3.57. The van der Waals surface area contributed by atoms with Crippen LogP contribution < -0.4 is 29.6 Å². The molecule has 0 bridgehead atoms. The van der Waals surface area contributed by atoms with Crippen LogP contribution in [0.25, 0.3) is 0 Å². The van der Waals surface area contributed by atoms with Gasteiger partial charge in [0, 0.05) is 6.26 Å². The van der Waals surface area contributed by atoms with E-state index in [2.05, 4.69) is 0 Å². The third-order valence-corrected chi connectivity index (χ3v) is 5.26. The third-order valence-electron chi connectivity index (χ3n) is 1.18. The van der Waals surface area contributed by atoms with Crippen LogP contribution in [0.3, 0.4) is 0 Å². The van der Waals surface area contributed by atoms with Crippen LogP contribution in [0, 0.1) is 0 Å². The maximum Gasteiger partial charge on any atom is 1.00 e. The number of sulfone groups is 1. The van der Waals surface area contributed by atoms with Crippen LogP contribution in [0.4, 0.5) is 0 Å². The predicted molar refractivity (Wildman–Crippen MR) is 49.6 cm³/mol. The summed E-state index contributed by atoms with van der Waals surface area (Å²) in [7, 11) is -3.38. The molecule has 0 spiro atoms. The van der Waals surface area contributed by atoms with Crippen LogP contribution in [0.2, 0.25) is 4.34 Å². The van der Waals surface area contributed by atoms with Crippen LogP contribution >= 0.6 is 22.9 Å². The standard InChI is InChI=1S/C5H5ClO4S3.Na/c1-13(9,10)4-2-3(12(7)8)5(6)11-4;/h2H,1H3,(H,7,8);/q;+1/p-1. The van der Waals surface area contributed by atoms with E-state index in [1.54, 1.807) is 0 Å². The Morgan fingerprint density at radius 2 is 2.07 bits per heavy atom. The van der Waals surface area contributed by atoms with Gasteiger partial charge in [0.2, 0.25) is 0 Å². The SMILES string of the molecule is CS(=O)(=O)c1cc(S(=O)[O-])c(Cl)s1.[Na+]. The molecule has 0 amide bonds. The van der Waals surface area contributed by atoms with E-state index in [9.17, 15) is 17.2 Å². The minimum absolute atomic E-state index is 0. The second kappa shape index (κ2) is 5.40. The molecule has 0 saturated carbocycles. The van der Waals surface area contributed by atoms with Crippen molar-refractivity contribution in [2.75, 3.05) is 6.26 Å². The molecule has 1 heterocycles. The van der Waals surface area contributed by atoms with Crippen LogP contribution in [0.5, 0.6) is 0 Å². The van der Waals surface area contributed by atoms with E-state index >= 15 is 0 Å². The van der Waals surface area contributed by atoms with Gasteiger partial charge in [0.25, 0.3) is 0 Å². The summed E-state index contributed by atoms with van der Waals surface area (Å²) in [6.45, 7) is 0. The first-order valence-electron chi connectivity index (χ1n) is 2.91. The van der Waals surface area contributed by atoms with Gasteiger partial charge in [-0.05, 0) is 17.1 Å². The van der Waals surface area contributed by atoms with Crippen molar-refractivity contribution in [3.05, 3.63) is 10.4 Å². The monoisotopic (exact) mass is 282 g/mol. The van der Waals surface area contributed by atoms with Crippen molar-refractivity contribution in [3.63, 3.8) is 0 Å². The minimum Gasteiger partial charge on any atom is -0.768 e. The van der Waals surface area contributed by atoms with E-state index in [-0.39, 0.29) is 43.0 Å². The smallest absolute Gasteiger partial charge is 0.768 e. The van der Waals surface area contributed by atoms with E-state index in [1.165, 1.54) is 0 Å². The van der Waals surface area contributed by atoms with Crippen molar-refractivity contribution < 1.29 is 46.7 Å². The van der Waals surface area contributed by atoms with E-state index in [0.717, 1.165) is 23.7 Å². The summed E-state index contributed by atoms with van der Waals surface area (Å²) in [5, 5.41) is 0. The van der Waals surface area contributed by atoms with Crippen molar-refractivity contribution in [1.29, 1.82) is 0 Å². The Morgan fingerprint density at radius 1 is 1.57 bits per heavy atom. The molecular weight excluding hydrogens is 279 g/mol. The number of rotatable bonds is 2. The quantitative estimate of drug-likeness (QED) is 0.467. The van der Waals surface area contributed by atoms with Gasteiger partial charge < -0.3 is 4.55 Å². The molecule has 1 atom stereocenters. The molecule has 1 unspecified atom stereocenters. The summed E-state index contributed by atoms with van der Waals surface area (Å²) in [4.78, 5) is -0.174. The fraction of sp³-hybridized carbons (Fsp3) is 0.200. The molecule has 0 aliphatic heterocycles. The maximum absolute atomic E-state index is 11.0.